The topological polar surface area (TPSA) is 64.5 Å². The van der Waals surface area contributed by atoms with Crippen LogP contribution in [0, 0.1) is 0 Å². The van der Waals surface area contributed by atoms with Crippen molar-refractivity contribution in [3.05, 3.63) is 108 Å². The second kappa shape index (κ2) is 19.0. The number of carbonyl (C=O) groups excluding carboxylic acids is 1. The molecule has 2 aliphatic rings. The maximum absolute atomic E-state index is 12.5. The molecule has 0 spiro atoms. The molecule has 2 N–H and O–H groups in total. The number of fused-ring (bicyclic) bond motifs is 2. The molecule has 0 saturated heterocycles. The number of unbranched alkanes of at least 4 members (excludes halogenated alkanes) is 3. The molecule has 2 atom stereocenters. The Kier molecular flexibility index (Phi) is 15.1. The van der Waals surface area contributed by atoms with Crippen molar-refractivity contribution in [2.24, 2.45) is 0 Å². The standard InChI is InChI=1S/C43H63N3O4Si/c1-9-10-32-45-37-26-20-18-24-35(37)42(2,3)39(45)28-15-12-11-13-16-29-40-43(4,5)36-25-19-21-27-38(36)46(40)33-22-14-17-30-41(47)44-31-23-34-51(48-6,49-7)50-8/h11-13,15-16,18-21,24-29,39H,9-10,14,17,22-23,30-34H2,1-8H3,(H,44,47)/p+1/b12-11+,16-13+,28-15+,40-29+. The van der Waals surface area contributed by atoms with Crippen molar-refractivity contribution in [2.75, 3.05) is 45.9 Å². The molecule has 8 heteroatoms. The molecule has 4 rings (SSSR count). The first-order valence-corrected chi connectivity index (χ1v) is 21.0. The van der Waals surface area contributed by atoms with Crippen LogP contribution in [0.1, 0.15) is 90.7 Å². The fraction of sp³-hybridized carbons (Fsp3) is 0.512. The second-order valence-corrected chi connectivity index (χ2v) is 18.0. The number of nitrogens with one attached hydrogen (secondary N) is 2. The SMILES string of the molecule is CCCC[NH+]1c2ccccc2C(C)(C)C1/C=C/C=C/C=C/C=C1/N(CCCCCC(=O)NCCC[Si](OC)(OC)OC)c2ccccc2C1(C)C. The van der Waals surface area contributed by atoms with E-state index in [0.29, 0.717) is 25.1 Å². The van der Waals surface area contributed by atoms with Crippen molar-refractivity contribution in [1.29, 1.82) is 0 Å². The van der Waals surface area contributed by atoms with Crippen LogP contribution in [0.25, 0.3) is 0 Å². The van der Waals surface area contributed by atoms with Crippen molar-refractivity contribution < 1.29 is 23.0 Å². The lowest BCUT2D eigenvalue weighted by Gasteiger charge is -2.27. The van der Waals surface area contributed by atoms with Gasteiger partial charge >= 0.3 is 8.80 Å². The zero-order valence-electron chi connectivity index (χ0n) is 32.6. The summed E-state index contributed by atoms with van der Waals surface area (Å²) in [5, 5.41) is 3.04. The van der Waals surface area contributed by atoms with Gasteiger partial charge in [-0.2, -0.15) is 0 Å². The molecule has 1 amide bonds. The molecule has 0 aromatic heterocycles. The fourth-order valence-electron chi connectivity index (χ4n) is 7.92. The highest BCUT2D eigenvalue weighted by Crippen LogP contribution is 2.47. The number of allylic oxidation sites excluding steroid dienone is 7. The van der Waals surface area contributed by atoms with Gasteiger partial charge in [-0.1, -0.05) is 100 Å². The summed E-state index contributed by atoms with van der Waals surface area (Å²) < 4.78 is 16.4. The lowest BCUT2D eigenvalue weighted by Crippen LogP contribution is -3.10. The Labute approximate surface area is 309 Å². The van der Waals surface area contributed by atoms with Gasteiger partial charge in [0.25, 0.3) is 0 Å². The summed E-state index contributed by atoms with van der Waals surface area (Å²) in [6.07, 6.45) is 22.2. The Bertz CT molecular complexity index is 1530. The first-order valence-electron chi connectivity index (χ1n) is 19.0. The lowest BCUT2D eigenvalue weighted by molar-refractivity contribution is -0.850. The predicted molar refractivity (Wildman–Crippen MR) is 214 cm³/mol. The maximum Gasteiger partial charge on any atom is 0.500 e. The maximum atomic E-state index is 12.5. The number of benzene rings is 2. The molecular formula is C43H64N3O4Si+. The van der Waals surface area contributed by atoms with Gasteiger partial charge in [-0.25, -0.2) is 0 Å². The number of carbonyl (C=O) groups is 1. The summed E-state index contributed by atoms with van der Waals surface area (Å²) in [5.41, 5.74) is 6.90. The highest BCUT2D eigenvalue weighted by molar-refractivity contribution is 6.60. The number of nitrogens with zero attached hydrogens (tertiary/aromatic N) is 1. The summed E-state index contributed by atoms with van der Waals surface area (Å²) in [7, 11) is 2.26. The first-order chi connectivity index (χ1) is 24.6. The average Bonchev–Trinajstić information content (AvgIpc) is 3.48. The molecular weight excluding hydrogens is 651 g/mol. The quantitative estimate of drug-likeness (QED) is 0.0829. The minimum atomic E-state index is -2.59. The van der Waals surface area contributed by atoms with Crippen molar-refractivity contribution in [1.82, 2.24) is 5.32 Å². The van der Waals surface area contributed by atoms with E-state index in [1.54, 1.807) is 26.2 Å². The third kappa shape index (κ3) is 9.79. The van der Waals surface area contributed by atoms with E-state index in [0.717, 1.165) is 38.8 Å². The van der Waals surface area contributed by atoms with Crippen molar-refractivity contribution in [2.45, 2.75) is 102 Å². The van der Waals surface area contributed by atoms with Crippen LogP contribution < -0.4 is 15.1 Å². The minimum absolute atomic E-state index is 0.0902. The van der Waals surface area contributed by atoms with Crippen LogP contribution in [-0.4, -0.2) is 61.7 Å². The van der Waals surface area contributed by atoms with Gasteiger partial charge in [0.2, 0.25) is 5.91 Å². The number of anilines is 1. The highest BCUT2D eigenvalue weighted by Gasteiger charge is 2.47. The number of para-hydroxylation sites is 2. The van der Waals surface area contributed by atoms with E-state index in [9.17, 15) is 4.79 Å². The van der Waals surface area contributed by atoms with Crippen LogP contribution in [0.15, 0.2) is 96.8 Å². The van der Waals surface area contributed by atoms with Gasteiger partial charge in [0.15, 0.2) is 0 Å². The molecule has 0 aliphatic carbocycles. The van der Waals surface area contributed by atoms with E-state index >= 15 is 0 Å². The fourth-order valence-corrected chi connectivity index (χ4v) is 9.64. The molecule has 2 aliphatic heterocycles. The van der Waals surface area contributed by atoms with E-state index in [1.807, 2.05) is 0 Å². The van der Waals surface area contributed by atoms with Crippen molar-refractivity contribution in [3.8, 4) is 0 Å². The minimum Gasteiger partial charge on any atom is -0.377 e. The van der Waals surface area contributed by atoms with Crippen LogP contribution in [0.3, 0.4) is 0 Å². The van der Waals surface area contributed by atoms with Gasteiger partial charge in [0, 0.05) is 69.2 Å². The molecule has 2 heterocycles. The molecule has 51 heavy (non-hydrogen) atoms. The average molecular weight is 715 g/mol. The van der Waals surface area contributed by atoms with Gasteiger partial charge in [-0.3, -0.25) is 9.69 Å². The molecule has 0 fully saturated rings. The Hall–Kier alpha value is -3.27. The normalized spacial score (nSPS) is 20.2. The van der Waals surface area contributed by atoms with E-state index < -0.39 is 8.80 Å². The number of hydrogen-bond acceptors (Lipinski definition) is 5. The van der Waals surface area contributed by atoms with Crippen LogP contribution in [0.4, 0.5) is 11.4 Å². The van der Waals surface area contributed by atoms with Crippen LogP contribution in [0.2, 0.25) is 6.04 Å². The Balaban J connectivity index is 1.31. The third-order valence-electron chi connectivity index (χ3n) is 10.9. The van der Waals surface area contributed by atoms with Crippen LogP contribution >= 0.6 is 0 Å². The number of quaternary nitrogens is 1. The Morgan fingerprint density at radius 2 is 1.51 bits per heavy atom. The second-order valence-electron chi connectivity index (χ2n) is 14.9. The summed E-state index contributed by atoms with van der Waals surface area (Å²) >= 11 is 0. The first kappa shape index (κ1) is 40.5. The zero-order chi connectivity index (χ0) is 36.9. The number of hydrogen-bond donors (Lipinski definition) is 2. The largest absolute Gasteiger partial charge is 0.500 e. The van der Waals surface area contributed by atoms with E-state index in [2.05, 4.69) is 136 Å². The molecule has 2 aromatic rings. The zero-order valence-corrected chi connectivity index (χ0v) is 33.6. The van der Waals surface area contributed by atoms with Crippen molar-refractivity contribution >= 4 is 26.1 Å². The summed E-state index contributed by atoms with van der Waals surface area (Å²) in [4.78, 5) is 16.5. The van der Waals surface area contributed by atoms with Gasteiger partial charge in [-0.15, -0.1) is 0 Å². The van der Waals surface area contributed by atoms with E-state index in [1.165, 1.54) is 41.0 Å². The molecule has 0 saturated carbocycles. The number of rotatable bonds is 20. The monoisotopic (exact) mass is 714 g/mol. The summed E-state index contributed by atoms with van der Waals surface area (Å²) in [5.74, 6) is 0.0999. The summed E-state index contributed by atoms with van der Waals surface area (Å²) in [6, 6.07) is 18.9. The van der Waals surface area contributed by atoms with Gasteiger partial charge in [0.1, 0.15) is 11.7 Å². The smallest absolute Gasteiger partial charge is 0.377 e. The van der Waals surface area contributed by atoms with Crippen LogP contribution in [-0.2, 0) is 28.9 Å². The predicted octanol–water partition coefficient (Wildman–Crippen LogP) is 7.96. The molecule has 0 radical (unpaired) electrons. The Morgan fingerprint density at radius 1 is 0.843 bits per heavy atom. The lowest BCUT2D eigenvalue weighted by atomic mass is 9.80. The van der Waals surface area contributed by atoms with Gasteiger partial charge < -0.3 is 23.5 Å². The van der Waals surface area contributed by atoms with Crippen molar-refractivity contribution in [3.63, 3.8) is 0 Å². The Morgan fingerprint density at radius 3 is 2.24 bits per heavy atom. The molecule has 2 unspecified atom stereocenters. The summed E-state index contributed by atoms with van der Waals surface area (Å²) in [6.45, 7) is 14.4. The van der Waals surface area contributed by atoms with Gasteiger partial charge in [0.05, 0.1) is 12.0 Å². The molecule has 0 bridgehead atoms. The molecule has 2 aromatic carbocycles. The highest BCUT2D eigenvalue weighted by atomic mass is 28.4. The molecule has 278 valence electrons. The number of amides is 1. The third-order valence-corrected chi connectivity index (χ3v) is 13.8. The molecule has 7 nitrogen and oxygen atoms in total. The van der Waals surface area contributed by atoms with E-state index in [-0.39, 0.29) is 16.7 Å². The van der Waals surface area contributed by atoms with Crippen LogP contribution in [0.5, 0.6) is 0 Å². The van der Waals surface area contributed by atoms with E-state index in [4.69, 9.17) is 13.3 Å². The van der Waals surface area contributed by atoms with Gasteiger partial charge in [-0.05, 0) is 69.4 Å².